The van der Waals surface area contributed by atoms with Gasteiger partial charge in [-0.3, -0.25) is 14.2 Å². The van der Waals surface area contributed by atoms with Crippen LogP contribution in [-0.2, 0) is 14.3 Å². The van der Waals surface area contributed by atoms with E-state index in [9.17, 15) is 14.0 Å². The number of amides is 1. The lowest BCUT2D eigenvalue weighted by molar-refractivity contribution is -0.150. The number of aromatic nitrogens is 3. The van der Waals surface area contributed by atoms with Gasteiger partial charge in [0.2, 0.25) is 0 Å². The van der Waals surface area contributed by atoms with E-state index in [0.717, 1.165) is 43.3 Å². The number of esters is 1. The molecule has 178 valence electrons. The number of hydrogen-bond acceptors (Lipinski definition) is 6. The lowest BCUT2D eigenvalue weighted by Gasteiger charge is -2.21. The van der Waals surface area contributed by atoms with E-state index < -0.39 is 11.8 Å². The van der Waals surface area contributed by atoms with Crippen molar-refractivity contribution in [2.45, 2.75) is 31.3 Å². The maximum absolute atomic E-state index is 14.5. The Hall–Kier alpha value is -3.20. The third-order valence-electron chi connectivity index (χ3n) is 5.46. The Bertz CT molecular complexity index is 1130. The quantitative estimate of drug-likeness (QED) is 0.299. The number of halogens is 1. The van der Waals surface area contributed by atoms with Crippen LogP contribution < -0.4 is 0 Å². The topological polar surface area (TPSA) is 77.3 Å². The molecule has 0 N–H and O–H groups in total. The number of carbonyl (C=O) groups excluding carboxylic acids is 2. The zero-order valence-corrected chi connectivity index (χ0v) is 19.8. The van der Waals surface area contributed by atoms with Crippen LogP contribution in [-0.4, -0.2) is 57.0 Å². The smallest absolute Gasteiger partial charge is 0.316 e. The van der Waals surface area contributed by atoms with Gasteiger partial charge in [-0.05, 0) is 49.4 Å². The molecular weight excluding hydrogens is 455 g/mol. The summed E-state index contributed by atoms with van der Waals surface area (Å²) in [5, 5.41) is 8.81. The fraction of sp³-hybridized carbons (Fsp3) is 0.360. The summed E-state index contributed by atoms with van der Waals surface area (Å²) >= 11 is 1.13. The minimum Gasteiger partial charge on any atom is -0.455 e. The van der Waals surface area contributed by atoms with Crippen molar-refractivity contribution >= 4 is 23.6 Å². The molecule has 1 amide bonds. The van der Waals surface area contributed by atoms with Gasteiger partial charge in [0.25, 0.3) is 5.91 Å². The predicted molar refractivity (Wildman–Crippen MR) is 128 cm³/mol. The van der Waals surface area contributed by atoms with E-state index in [1.54, 1.807) is 27.7 Å². The van der Waals surface area contributed by atoms with Crippen LogP contribution in [0.2, 0.25) is 0 Å². The molecular formula is C25H27FN4O3S. The first-order valence-electron chi connectivity index (χ1n) is 11.4. The standard InChI is InChI=1S/C25H27FN4O3S/c1-2-14-29(15-18-12-13-18)22(31)16-33-23(32)17-34-25-28-27-24(20-10-6-7-11-21(20)26)30(25)19-8-4-3-5-9-19/h3-11,18H,2,12-17H2,1H3. The predicted octanol–water partition coefficient (Wildman–Crippen LogP) is 4.36. The Morgan fingerprint density at radius 1 is 1.12 bits per heavy atom. The molecule has 0 aliphatic heterocycles. The van der Waals surface area contributed by atoms with E-state index in [1.807, 2.05) is 37.3 Å². The second-order valence-corrected chi connectivity index (χ2v) is 9.13. The van der Waals surface area contributed by atoms with Crippen LogP contribution in [0.1, 0.15) is 26.2 Å². The Balaban J connectivity index is 1.43. The van der Waals surface area contributed by atoms with Crippen LogP contribution in [0, 0.1) is 11.7 Å². The second-order valence-electron chi connectivity index (χ2n) is 8.19. The Kier molecular flexibility index (Phi) is 7.95. The highest BCUT2D eigenvalue weighted by atomic mass is 32.2. The molecule has 0 bridgehead atoms. The lowest BCUT2D eigenvalue weighted by atomic mass is 10.2. The molecule has 1 fully saturated rings. The molecule has 1 heterocycles. The number of thioether (sulfide) groups is 1. The van der Waals surface area contributed by atoms with E-state index >= 15 is 0 Å². The van der Waals surface area contributed by atoms with Crippen molar-refractivity contribution in [3.63, 3.8) is 0 Å². The molecule has 1 saturated carbocycles. The Morgan fingerprint density at radius 2 is 1.85 bits per heavy atom. The fourth-order valence-electron chi connectivity index (χ4n) is 3.59. The molecule has 4 rings (SSSR count). The normalized spacial score (nSPS) is 13.0. The van der Waals surface area contributed by atoms with Gasteiger partial charge in [-0.1, -0.05) is 49.0 Å². The van der Waals surface area contributed by atoms with Gasteiger partial charge < -0.3 is 9.64 Å². The first kappa shape index (κ1) is 23.9. The van der Waals surface area contributed by atoms with Gasteiger partial charge in [0, 0.05) is 18.8 Å². The van der Waals surface area contributed by atoms with Crippen molar-refractivity contribution in [2.24, 2.45) is 5.92 Å². The van der Waals surface area contributed by atoms with Crippen molar-refractivity contribution < 1.29 is 18.7 Å². The summed E-state index contributed by atoms with van der Waals surface area (Å²) in [7, 11) is 0. The van der Waals surface area contributed by atoms with E-state index in [2.05, 4.69) is 10.2 Å². The average Bonchev–Trinajstić information content (AvgIpc) is 3.58. The van der Waals surface area contributed by atoms with Crippen molar-refractivity contribution in [3.05, 3.63) is 60.4 Å². The molecule has 34 heavy (non-hydrogen) atoms. The zero-order chi connectivity index (χ0) is 23.9. The molecule has 0 saturated heterocycles. The van der Waals surface area contributed by atoms with Crippen molar-refractivity contribution in [1.29, 1.82) is 0 Å². The molecule has 0 radical (unpaired) electrons. The monoisotopic (exact) mass is 482 g/mol. The summed E-state index contributed by atoms with van der Waals surface area (Å²) in [6.45, 7) is 3.16. The highest BCUT2D eigenvalue weighted by Crippen LogP contribution is 2.30. The SMILES string of the molecule is CCCN(CC1CC1)C(=O)COC(=O)CSc1nnc(-c2ccccc2F)n1-c1ccccc1. The van der Waals surface area contributed by atoms with E-state index in [4.69, 9.17) is 4.74 Å². The molecule has 3 aromatic rings. The summed E-state index contributed by atoms with van der Waals surface area (Å²) in [6.07, 6.45) is 3.17. The van der Waals surface area contributed by atoms with Gasteiger partial charge in [-0.15, -0.1) is 10.2 Å². The van der Waals surface area contributed by atoms with Crippen molar-refractivity contribution in [2.75, 3.05) is 25.4 Å². The minimum absolute atomic E-state index is 0.0497. The first-order valence-corrected chi connectivity index (χ1v) is 12.4. The highest BCUT2D eigenvalue weighted by molar-refractivity contribution is 7.99. The number of benzene rings is 2. The van der Waals surface area contributed by atoms with Gasteiger partial charge in [0.15, 0.2) is 17.6 Å². The summed E-state index contributed by atoms with van der Waals surface area (Å²) in [5.41, 5.74) is 1.05. The van der Waals surface area contributed by atoms with Crippen molar-refractivity contribution in [3.8, 4) is 17.1 Å². The molecule has 2 aromatic carbocycles. The molecule has 7 nitrogen and oxygen atoms in total. The summed E-state index contributed by atoms with van der Waals surface area (Å²) in [5.74, 6) is -0.228. The second kappa shape index (κ2) is 11.3. The Morgan fingerprint density at radius 3 is 2.56 bits per heavy atom. The average molecular weight is 483 g/mol. The maximum Gasteiger partial charge on any atom is 0.316 e. The summed E-state index contributed by atoms with van der Waals surface area (Å²) < 4.78 is 21.4. The molecule has 0 spiro atoms. The van der Waals surface area contributed by atoms with Gasteiger partial charge in [0.1, 0.15) is 5.82 Å². The number of hydrogen-bond donors (Lipinski definition) is 0. The molecule has 9 heteroatoms. The van der Waals surface area contributed by atoms with Crippen LogP contribution in [0.25, 0.3) is 17.1 Å². The number of nitrogens with zero attached hydrogens (tertiary/aromatic N) is 4. The fourth-order valence-corrected chi connectivity index (χ4v) is 4.34. The van der Waals surface area contributed by atoms with Gasteiger partial charge in [-0.2, -0.15) is 0 Å². The summed E-state index contributed by atoms with van der Waals surface area (Å²) in [4.78, 5) is 26.7. The van der Waals surface area contributed by atoms with Crippen LogP contribution in [0.15, 0.2) is 59.8 Å². The minimum atomic E-state index is -0.517. The highest BCUT2D eigenvalue weighted by Gasteiger charge is 2.27. The summed E-state index contributed by atoms with van der Waals surface area (Å²) in [6, 6.07) is 15.7. The van der Waals surface area contributed by atoms with E-state index in [0.29, 0.717) is 29.0 Å². The molecule has 1 aliphatic rings. The van der Waals surface area contributed by atoms with Crippen LogP contribution >= 0.6 is 11.8 Å². The van der Waals surface area contributed by atoms with Gasteiger partial charge in [-0.25, -0.2) is 4.39 Å². The van der Waals surface area contributed by atoms with E-state index in [-0.39, 0.29) is 18.3 Å². The maximum atomic E-state index is 14.5. The molecule has 1 aliphatic carbocycles. The van der Waals surface area contributed by atoms with Crippen LogP contribution in [0.3, 0.4) is 0 Å². The first-order chi connectivity index (χ1) is 16.6. The third kappa shape index (κ3) is 6.02. The van der Waals surface area contributed by atoms with Gasteiger partial charge >= 0.3 is 5.97 Å². The molecule has 1 aromatic heterocycles. The Labute approximate surface area is 202 Å². The number of rotatable bonds is 11. The largest absolute Gasteiger partial charge is 0.455 e. The molecule has 0 unspecified atom stereocenters. The molecule has 0 atom stereocenters. The zero-order valence-electron chi connectivity index (χ0n) is 19.0. The number of ether oxygens (including phenoxy) is 1. The van der Waals surface area contributed by atoms with E-state index in [1.165, 1.54) is 6.07 Å². The van der Waals surface area contributed by atoms with Gasteiger partial charge in [0.05, 0.1) is 11.3 Å². The lowest BCUT2D eigenvalue weighted by Crippen LogP contribution is -2.37. The van der Waals surface area contributed by atoms with Crippen LogP contribution in [0.5, 0.6) is 0 Å². The number of carbonyl (C=O) groups is 2. The van der Waals surface area contributed by atoms with Crippen LogP contribution in [0.4, 0.5) is 4.39 Å². The third-order valence-corrected chi connectivity index (χ3v) is 6.36. The van der Waals surface area contributed by atoms with Crippen molar-refractivity contribution in [1.82, 2.24) is 19.7 Å². The number of para-hydroxylation sites is 1.